The van der Waals surface area contributed by atoms with Gasteiger partial charge in [-0.15, -0.1) is 11.3 Å². The van der Waals surface area contributed by atoms with E-state index in [0.29, 0.717) is 5.56 Å². The van der Waals surface area contributed by atoms with E-state index in [1.54, 1.807) is 5.51 Å². The van der Waals surface area contributed by atoms with Crippen LogP contribution in [0.2, 0.25) is 0 Å². The number of nitrogens with zero attached hydrogens (tertiary/aromatic N) is 1. The molecule has 1 heterocycles. The fraction of sp³-hybridized carbons (Fsp3) is 0.250. The minimum absolute atomic E-state index is 0.270. The van der Waals surface area contributed by atoms with Crippen molar-refractivity contribution in [1.29, 1.82) is 0 Å². The Morgan fingerprint density at radius 2 is 2.18 bits per heavy atom. The Kier molecular flexibility index (Phi) is 3.49. The Morgan fingerprint density at radius 1 is 1.41 bits per heavy atom. The van der Waals surface area contributed by atoms with Gasteiger partial charge in [0.25, 0.3) is 0 Å². The van der Waals surface area contributed by atoms with Gasteiger partial charge in [0.2, 0.25) is 0 Å². The molecule has 2 N–H and O–H groups in total. The quantitative estimate of drug-likeness (QED) is 0.914. The summed E-state index contributed by atoms with van der Waals surface area (Å²) in [5.41, 5.74) is 8.82. The van der Waals surface area contributed by atoms with E-state index in [9.17, 15) is 8.78 Å². The zero-order valence-corrected chi connectivity index (χ0v) is 10.1. The molecular weight excluding hydrogens is 242 g/mol. The number of benzene rings is 1. The lowest BCUT2D eigenvalue weighted by molar-refractivity contribution is 0.573. The highest BCUT2D eigenvalue weighted by Gasteiger charge is 2.14. The van der Waals surface area contributed by atoms with Crippen molar-refractivity contribution in [3.8, 4) is 0 Å². The molecule has 1 aromatic heterocycles. The zero-order chi connectivity index (χ0) is 12.4. The van der Waals surface area contributed by atoms with Crippen LogP contribution in [-0.2, 0) is 6.42 Å². The highest BCUT2D eigenvalue weighted by atomic mass is 32.1. The van der Waals surface area contributed by atoms with Gasteiger partial charge in [-0.2, -0.15) is 0 Å². The molecule has 0 radical (unpaired) electrons. The highest BCUT2D eigenvalue weighted by Crippen LogP contribution is 2.24. The molecule has 1 unspecified atom stereocenters. The molecule has 1 aromatic carbocycles. The fourth-order valence-corrected chi connectivity index (χ4v) is 2.50. The fourth-order valence-electron chi connectivity index (χ4n) is 1.70. The zero-order valence-electron chi connectivity index (χ0n) is 9.28. The summed E-state index contributed by atoms with van der Waals surface area (Å²) in [5.74, 6) is -0.876. The van der Waals surface area contributed by atoms with Crippen LogP contribution in [-0.4, -0.2) is 4.98 Å². The molecule has 17 heavy (non-hydrogen) atoms. The van der Waals surface area contributed by atoms with Crippen molar-refractivity contribution in [1.82, 2.24) is 4.98 Å². The first-order valence-electron chi connectivity index (χ1n) is 5.17. The number of hydrogen-bond acceptors (Lipinski definition) is 3. The van der Waals surface area contributed by atoms with E-state index in [1.165, 1.54) is 17.4 Å². The van der Waals surface area contributed by atoms with Gasteiger partial charge in [-0.05, 0) is 37.1 Å². The number of nitrogens with two attached hydrogens (primary N) is 1. The van der Waals surface area contributed by atoms with E-state index >= 15 is 0 Å². The van der Waals surface area contributed by atoms with Gasteiger partial charge in [-0.25, -0.2) is 13.8 Å². The van der Waals surface area contributed by atoms with Crippen LogP contribution in [0, 0.1) is 18.6 Å². The third kappa shape index (κ3) is 2.68. The maximum atomic E-state index is 13.4. The number of rotatable bonds is 3. The molecule has 0 fully saturated rings. The first-order chi connectivity index (χ1) is 8.08. The van der Waals surface area contributed by atoms with Crippen LogP contribution in [0.1, 0.15) is 22.2 Å². The predicted octanol–water partition coefficient (Wildman–Crippen LogP) is 2.97. The molecule has 2 nitrogen and oxygen atoms in total. The molecule has 90 valence electrons. The molecule has 0 saturated carbocycles. The molecule has 0 saturated heterocycles. The predicted molar refractivity (Wildman–Crippen MR) is 63.8 cm³/mol. The summed E-state index contributed by atoms with van der Waals surface area (Å²) in [7, 11) is 0. The number of halogens is 2. The standard InChI is InChI=1S/C12H12F2N2S/c1-7-12(17-6-16-7)11(15)5-8-4-9(13)2-3-10(8)14/h2-4,6,11H,5,15H2,1H3. The lowest BCUT2D eigenvalue weighted by Crippen LogP contribution is -2.14. The monoisotopic (exact) mass is 254 g/mol. The third-order valence-corrected chi connectivity index (χ3v) is 3.63. The van der Waals surface area contributed by atoms with Crippen molar-refractivity contribution in [3.05, 3.63) is 51.5 Å². The number of aryl methyl sites for hydroxylation is 1. The molecule has 0 amide bonds. The maximum absolute atomic E-state index is 13.4. The average Bonchev–Trinajstić information content (AvgIpc) is 2.70. The van der Waals surface area contributed by atoms with Crippen molar-refractivity contribution < 1.29 is 8.78 Å². The summed E-state index contributed by atoms with van der Waals surface area (Å²) in [5, 5.41) is 0. The van der Waals surface area contributed by atoms with Crippen LogP contribution in [0.4, 0.5) is 8.78 Å². The summed E-state index contributed by atoms with van der Waals surface area (Å²) in [4.78, 5) is 5.00. The molecule has 0 aliphatic heterocycles. The summed E-state index contributed by atoms with van der Waals surface area (Å²) in [6, 6.07) is 3.06. The summed E-state index contributed by atoms with van der Waals surface area (Å²) < 4.78 is 26.4. The first-order valence-corrected chi connectivity index (χ1v) is 6.05. The van der Waals surface area contributed by atoms with Gasteiger partial charge in [0.15, 0.2) is 0 Å². The Labute approximate surface area is 102 Å². The van der Waals surface area contributed by atoms with Crippen LogP contribution in [0.3, 0.4) is 0 Å². The topological polar surface area (TPSA) is 38.9 Å². The maximum Gasteiger partial charge on any atom is 0.126 e. The normalized spacial score (nSPS) is 12.7. The minimum Gasteiger partial charge on any atom is -0.323 e. The number of thiazole rings is 1. The molecule has 0 aliphatic rings. The molecule has 0 aliphatic carbocycles. The van der Waals surface area contributed by atoms with Crippen LogP contribution >= 0.6 is 11.3 Å². The summed E-state index contributed by atoms with van der Waals surface area (Å²) in [6.07, 6.45) is 0.270. The van der Waals surface area contributed by atoms with E-state index in [2.05, 4.69) is 4.98 Å². The molecular formula is C12H12F2N2S. The smallest absolute Gasteiger partial charge is 0.126 e. The Bertz CT molecular complexity index is 525. The molecule has 1 atom stereocenters. The largest absolute Gasteiger partial charge is 0.323 e. The lowest BCUT2D eigenvalue weighted by atomic mass is 10.0. The van der Waals surface area contributed by atoms with Gasteiger partial charge in [0.05, 0.1) is 11.2 Å². The van der Waals surface area contributed by atoms with Crippen LogP contribution in [0.25, 0.3) is 0 Å². The first kappa shape index (κ1) is 12.1. The minimum atomic E-state index is -0.449. The van der Waals surface area contributed by atoms with Gasteiger partial charge in [0, 0.05) is 10.9 Å². The van der Waals surface area contributed by atoms with Crippen LogP contribution < -0.4 is 5.73 Å². The van der Waals surface area contributed by atoms with E-state index < -0.39 is 11.6 Å². The van der Waals surface area contributed by atoms with E-state index in [-0.39, 0.29) is 12.5 Å². The van der Waals surface area contributed by atoms with Crippen LogP contribution in [0.15, 0.2) is 23.7 Å². The van der Waals surface area contributed by atoms with Crippen molar-refractivity contribution in [3.63, 3.8) is 0 Å². The Balaban J connectivity index is 2.21. The van der Waals surface area contributed by atoms with E-state index in [4.69, 9.17) is 5.73 Å². The molecule has 2 aromatic rings. The Hall–Kier alpha value is -1.33. The average molecular weight is 254 g/mol. The van der Waals surface area contributed by atoms with Crippen molar-refractivity contribution in [2.24, 2.45) is 5.73 Å². The van der Waals surface area contributed by atoms with E-state index in [1.807, 2.05) is 6.92 Å². The van der Waals surface area contributed by atoms with Crippen molar-refractivity contribution in [2.45, 2.75) is 19.4 Å². The lowest BCUT2D eigenvalue weighted by Gasteiger charge is -2.11. The second-order valence-corrected chi connectivity index (χ2v) is 4.73. The summed E-state index contributed by atoms with van der Waals surface area (Å²) >= 11 is 1.43. The van der Waals surface area contributed by atoms with Gasteiger partial charge in [-0.1, -0.05) is 0 Å². The van der Waals surface area contributed by atoms with Crippen molar-refractivity contribution in [2.75, 3.05) is 0 Å². The Morgan fingerprint density at radius 3 is 2.82 bits per heavy atom. The molecule has 5 heteroatoms. The van der Waals surface area contributed by atoms with Crippen molar-refractivity contribution >= 4 is 11.3 Å². The number of hydrogen-bond donors (Lipinski definition) is 1. The third-order valence-electron chi connectivity index (χ3n) is 2.57. The SMILES string of the molecule is Cc1ncsc1C(N)Cc1cc(F)ccc1F. The molecule has 2 rings (SSSR count). The second-order valence-electron chi connectivity index (χ2n) is 3.85. The molecule has 0 bridgehead atoms. The highest BCUT2D eigenvalue weighted by molar-refractivity contribution is 7.09. The number of aromatic nitrogens is 1. The van der Waals surface area contributed by atoms with Gasteiger partial charge in [-0.3, -0.25) is 0 Å². The van der Waals surface area contributed by atoms with Crippen LogP contribution in [0.5, 0.6) is 0 Å². The van der Waals surface area contributed by atoms with Gasteiger partial charge in [0.1, 0.15) is 11.6 Å². The van der Waals surface area contributed by atoms with Gasteiger partial charge >= 0.3 is 0 Å². The second kappa shape index (κ2) is 4.89. The van der Waals surface area contributed by atoms with E-state index in [0.717, 1.165) is 22.7 Å². The summed E-state index contributed by atoms with van der Waals surface area (Å²) in [6.45, 7) is 1.85. The van der Waals surface area contributed by atoms with Gasteiger partial charge < -0.3 is 5.73 Å². The molecule has 0 spiro atoms.